The lowest BCUT2D eigenvalue weighted by molar-refractivity contribution is -0.107. The zero-order valence-electron chi connectivity index (χ0n) is 10.2. The minimum absolute atomic E-state index is 0.748. The van der Waals surface area contributed by atoms with Gasteiger partial charge in [0, 0.05) is 6.42 Å². The molecule has 90 valence electrons. The van der Waals surface area contributed by atoms with E-state index in [0.717, 1.165) is 19.1 Å². The molecule has 0 N–H and O–H groups in total. The van der Waals surface area contributed by atoms with Crippen LogP contribution in [0.25, 0.3) is 0 Å². The van der Waals surface area contributed by atoms with Crippen LogP contribution in [0.15, 0.2) is 0 Å². The maximum atomic E-state index is 10.1. The number of aldehydes is 1. The highest BCUT2D eigenvalue weighted by Gasteiger charge is 1.92. The summed E-state index contributed by atoms with van der Waals surface area (Å²) < 4.78 is 0. The minimum atomic E-state index is 0.748. The summed E-state index contributed by atoms with van der Waals surface area (Å²) in [5, 5.41) is 0. The summed E-state index contributed by atoms with van der Waals surface area (Å²) in [4.78, 5) is 10.1. The second kappa shape index (κ2) is 14.0. The third kappa shape index (κ3) is 14.0. The Morgan fingerprint density at radius 2 is 1.47 bits per heavy atom. The molecule has 0 aromatic rings. The quantitative estimate of drug-likeness (QED) is 0.364. The summed E-state index contributed by atoms with van der Waals surface area (Å²) in [6.07, 6.45) is 12.4. The van der Waals surface area contributed by atoms with Gasteiger partial charge in [-0.1, -0.05) is 39.0 Å². The van der Waals surface area contributed by atoms with Gasteiger partial charge in [0.05, 0.1) is 0 Å². The van der Waals surface area contributed by atoms with E-state index in [1.54, 1.807) is 0 Å². The molecule has 0 amide bonds. The summed E-state index contributed by atoms with van der Waals surface area (Å²) in [6.45, 7) is 2.26. The molecular weight excluding hydrogens is 204 g/mol. The highest BCUT2D eigenvalue weighted by molar-refractivity contribution is 7.99. The molecule has 0 radical (unpaired) electrons. The summed E-state index contributed by atoms with van der Waals surface area (Å²) in [7, 11) is 0. The van der Waals surface area contributed by atoms with Crippen LogP contribution in [0.1, 0.15) is 64.7 Å². The SMILES string of the molecule is CCCCCCCCSCCCCC=O. The molecule has 0 atom stereocenters. The monoisotopic (exact) mass is 230 g/mol. The number of unbranched alkanes of at least 4 members (excludes halogenated alkanes) is 7. The number of carbonyl (C=O) groups is 1. The number of carbonyl (C=O) groups excluding carboxylic acids is 1. The molecule has 1 nitrogen and oxygen atoms in total. The van der Waals surface area contributed by atoms with Crippen molar-refractivity contribution < 1.29 is 4.79 Å². The molecule has 0 saturated heterocycles. The van der Waals surface area contributed by atoms with Crippen LogP contribution in [0.2, 0.25) is 0 Å². The predicted octanol–water partition coefficient (Wildman–Crippen LogP) is 4.45. The molecule has 0 saturated carbocycles. The largest absolute Gasteiger partial charge is 0.303 e. The highest BCUT2D eigenvalue weighted by atomic mass is 32.2. The van der Waals surface area contributed by atoms with Crippen LogP contribution < -0.4 is 0 Å². The lowest BCUT2D eigenvalue weighted by atomic mass is 10.1. The molecule has 0 spiro atoms. The van der Waals surface area contributed by atoms with Gasteiger partial charge in [-0.05, 0) is 30.8 Å². The Labute approximate surface area is 99.4 Å². The van der Waals surface area contributed by atoms with Crippen molar-refractivity contribution in [2.24, 2.45) is 0 Å². The van der Waals surface area contributed by atoms with E-state index >= 15 is 0 Å². The first-order chi connectivity index (χ1) is 7.41. The van der Waals surface area contributed by atoms with Crippen molar-refractivity contribution >= 4 is 18.0 Å². The van der Waals surface area contributed by atoms with Crippen LogP contribution >= 0.6 is 11.8 Å². The Hall–Kier alpha value is 0.0200. The fourth-order valence-corrected chi connectivity index (χ4v) is 2.54. The smallest absolute Gasteiger partial charge is 0.119 e. The van der Waals surface area contributed by atoms with Gasteiger partial charge in [-0.15, -0.1) is 0 Å². The minimum Gasteiger partial charge on any atom is -0.303 e. The van der Waals surface area contributed by atoms with Crippen LogP contribution in [0.5, 0.6) is 0 Å². The van der Waals surface area contributed by atoms with Gasteiger partial charge in [-0.3, -0.25) is 0 Å². The topological polar surface area (TPSA) is 17.1 Å². The van der Waals surface area contributed by atoms with Crippen LogP contribution in [0.4, 0.5) is 0 Å². The number of thioether (sulfide) groups is 1. The van der Waals surface area contributed by atoms with Crippen molar-refractivity contribution in [1.29, 1.82) is 0 Å². The zero-order valence-corrected chi connectivity index (χ0v) is 11.0. The van der Waals surface area contributed by atoms with Crippen LogP contribution in [0.3, 0.4) is 0 Å². The van der Waals surface area contributed by atoms with Crippen molar-refractivity contribution in [2.75, 3.05) is 11.5 Å². The highest BCUT2D eigenvalue weighted by Crippen LogP contribution is 2.11. The van der Waals surface area contributed by atoms with Crippen molar-refractivity contribution in [1.82, 2.24) is 0 Å². The molecule has 0 fully saturated rings. The molecule has 0 heterocycles. The summed E-state index contributed by atoms with van der Waals surface area (Å²) >= 11 is 2.05. The molecule has 0 aromatic heterocycles. The number of hydrogen-bond acceptors (Lipinski definition) is 2. The molecule has 15 heavy (non-hydrogen) atoms. The maximum Gasteiger partial charge on any atom is 0.119 e. The van der Waals surface area contributed by atoms with Gasteiger partial charge < -0.3 is 4.79 Å². The van der Waals surface area contributed by atoms with E-state index in [2.05, 4.69) is 18.7 Å². The van der Waals surface area contributed by atoms with Gasteiger partial charge in [-0.2, -0.15) is 11.8 Å². The second-order valence-electron chi connectivity index (χ2n) is 4.04. The second-order valence-corrected chi connectivity index (χ2v) is 5.27. The summed E-state index contributed by atoms with van der Waals surface area (Å²) in [5.41, 5.74) is 0. The first kappa shape index (κ1) is 15.0. The normalized spacial score (nSPS) is 10.5. The van der Waals surface area contributed by atoms with Gasteiger partial charge in [-0.25, -0.2) is 0 Å². The van der Waals surface area contributed by atoms with Crippen molar-refractivity contribution in [3.63, 3.8) is 0 Å². The van der Waals surface area contributed by atoms with Gasteiger partial charge in [0.1, 0.15) is 6.29 Å². The summed E-state index contributed by atoms with van der Waals surface area (Å²) in [5.74, 6) is 2.55. The zero-order chi connectivity index (χ0) is 11.2. The van der Waals surface area contributed by atoms with Crippen LogP contribution in [-0.2, 0) is 4.79 Å². The summed E-state index contributed by atoms with van der Waals surface area (Å²) in [6, 6.07) is 0. The first-order valence-electron chi connectivity index (χ1n) is 6.43. The maximum absolute atomic E-state index is 10.1. The standard InChI is InChI=1S/C13H26OS/c1-2-3-4-5-6-9-12-15-13-10-7-8-11-14/h11H,2-10,12-13H2,1H3. The molecule has 0 unspecified atom stereocenters. The molecule has 2 heteroatoms. The van der Waals surface area contributed by atoms with Crippen molar-refractivity contribution in [2.45, 2.75) is 64.7 Å². The van der Waals surface area contributed by atoms with Crippen LogP contribution in [0, 0.1) is 0 Å². The Kier molecular flexibility index (Phi) is 14.0. The fraction of sp³-hybridized carbons (Fsp3) is 0.923. The molecule has 0 aromatic carbocycles. The Balaban J connectivity index is 2.83. The third-order valence-corrected chi connectivity index (χ3v) is 3.66. The predicted molar refractivity (Wildman–Crippen MR) is 70.6 cm³/mol. The lowest BCUT2D eigenvalue weighted by Crippen LogP contribution is -1.86. The number of rotatable bonds is 12. The fourth-order valence-electron chi connectivity index (χ4n) is 1.52. The molecular formula is C13H26OS. The molecule has 0 aliphatic heterocycles. The van der Waals surface area contributed by atoms with Crippen molar-refractivity contribution in [3.8, 4) is 0 Å². The lowest BCUT2D eigenvalue weighted by Gasteiger charge is -2.01. The number of hydrogen-bond donors (Lipinski definition) is 0. The Bertz CT molecular complexity index is 126. The van der Waals surface area contributed by atoms with Gasteiger partial charge in [0.2, 0.25) is 0 Å². The van der Waals surface area contributed by atoms with Gasteiger partial charge in [0.15, 0.2) is 0 Å². The van der Waals surface area contributed by atoms with E-state index in [-0.39, 0.29) is 0 Å². The van der Waals surface area contributed by atoms with E-state index < -0.39 is 0 Å². The average Bonchev–Trinajstić information content (AvgIpc) is 2.26. The van der Waals surface area contributed by atoms with E-state index in [0.29, 0.717) is 0 Å². The van der Waals surface area contributed by atoms with Crippen molar-refractivity contribution in [3.05, 3.63) is 0 Å². The van der Waals surface area contributed by atoms with Gasteiger partial charge >= 0.3 is 0 Å². The third-order valence-electron chi connectivity index (χ3n) is 2.50. The van der Waals surface area contributed by atoms with E-state index in [1.807, 2.05) is 0 Å². The van der Waals surface area contributed by atoms with Gasteiger partial charge in [0.25, 0.3) is 0 Å². The van der Waals surface area contributed by atoms with Crippen LogP contribution in [-0.4, -0.2) is 17.8 Å². The Morgan fingerprint density at radius 3 is 2.13 bits per heavy atom. The first-order valence-corrected chi connectivity index (χ1v) is 7.58. The molecule has 0 aliphatic carbocycles. The Morgan fingerprint density at radius 1 is 0.867 bits per heavy atom. The van der Waals surface area contributed by atoms with E-state index in [1.165, 1.54) is 56.5 Å². The molecule has 0 rings (SSSR count). The molecule has 0 bridgehead atoms. The molecule has 0 aliphatic rings. The average molecular weight is 230 g/mol. The van der Waals surface area contributed by atoms with E-state index in [9.17, 15) is 4.79 Å². The van der Waals surface area contributed by atoms with E-state index in [4.69, 9.17) is 0 Å².